The highest BCUT2D eigenvalue weighted by molar-refractivity contribution is 6.13. The monoisotopic (exact) mass is 643 g/mol. The summed E-state index contributed by atoms with van der Waals surface area (Å²) in [6, 6.07) is 47.0. The van der Waals surface area contributed by atoms with Gasteiger partial charge in [0, 0.05) is 32.9 Å². The van der Waals surface area contributed by atoms with Gasteiger partial charge >= 0.3 is 0 Å². The quantitative estimate of drug-likeness (QED) is 0.191. The van der Waals surface area contributed by atoms with Crippen molar-refractivity contribution in [3.8, 4) is 45.3 Å². The van der Waals surface area contributed by atoms with Crippen molar-refractivity contribution >= 4 is 33.6 Å². The Balaban J connectivity index is 1.21. The average Bonchev–Trinajstić information content (AvgIpc) is 3.66. The highest BCUT2D eigenvalue weighted by Gasteiger charge is 2.35. The van der Waals surface area contributed by atoms with Gasteiger partial charge in [-0.15, -0.1) is 0 Å². The Morgan fingerprint density at radius 3 is 2.14 bits per heavy atom. The van der Waals surface area contributed by atoms with Crippen LogP contribution < -0.4 is 0 Å². The van der Waals surface area contributed by atoms with Crippen LogP contribution in [-0.4, -0.2) is 15.0 Å². The zero-order chi connectivity index (χ0) is 33.4. The predicted octanol–water partition coefficient (Wildman–Crippen LogP) is 11.6. The van der Waals surface area contributed by atoms with Crippen molar-refractivity contribution in [2.45, 2.75) is 32.1 Å². The van der Waals surface area contributed by atoms with E-state index in [1.165, 1.54) is 39.0 Å². The second-order valence-corrected chi connectivity index (χ2v) is 14.0. The van der Waals surface area contributed by atoms with Crippen LogP contribution in [0.2, 0.25) is 0 Å². The lowest BCUT2D eigenvalue weighted by Crippen LogP contribution is -2.15. The molecule has 0 bridgehead atoms. The Morgan fingerprint density at radius 2 is 1.24 bits per heavy atom. The van der Waals surface area contributed by atoms with Gasteiger partial charge in [0.25, 0.3) is 0 Å². The fraction of sp³-hybridized carbons (Fsp3) is 0.109. The van der Waals surface area contributed by atoms with E-state index in [1.807, 2.05) is 30.3 Å². The van der Waals surface area contributed by atoms with Crippen LogP contribution in [0.3, 0.4) is 0 Å². The number of allylic oxidation sites excluding steroid dienone is 1. The van der Waals surface area contributed by atoms with Crippen LogP contribution in [0.4, 0.5) is 0 Å². The molecular weight excluding hydrogens is 611 g/mol. The average molecular weight is 644 g/mol. The normalized spacial score (nSPS) is 14.3. The second-order valence-electron chi connectivity index (χ2n) is 14.0. The number of para-hydroxylation sites is 1. The van der Waals surface area contributed by atoms with E-state index in [-0.39, 0.29) is 5.41 Å². The van der Waals surface area contributed by atoms with Crippen LogP contribution in [0.5, 0.6) is 0 Å². The maximum atomic E-state index is 6.55. The Labute approximate surface area is 290 Å². The third kappa shape index (κ3) is 4.49. The van der Waals surface area contributed by atoms with E-state index in [1.54, 1.807) is 0 Å². The van der Waals surface area contributed by atoms with Crippen molar-refractivity contribution in [2.75, 3.05) is 0 Å². The van der Waals surface area contributed by atoms with Crippen molar-refractivity contribution in [3.05, 3.63) is 161 Å². The second kappa shape index (κ2) is 10.9. The zero-order valence-corrected chi connectivity index (χ0v) is 27.9. The third-order valence-electron chi connectivity index (χ3n) is 10.6. The highest BCUT2D eigenvalue weighted by atomic mass is 16.3. The first-order valence-electron chi connectivity index (χ1n) is 17.3. The number of hydrogen-bond donors (Lipinski definition) is 0. The third-order valence-corrected chi connectivity index (χ3v) is 10.6. The van der Waals surface area contributed by atoms with E-state index < -0.39 is 0 Å². The molecule has 0 N–H and O–H groups in total. The number of fused-ring (bicyclic) bond motifs is 7. The van der Waals surface area contributed by atoms with Gasteiger partial charge in [0.2, 0.25) is 0 Å². The molecule has 8 aromatic rings. The smallest absolute Gasteiger partial charge is 0.164 e. The van der Waals surface area contributed by atoms with E-state index in [4.69, 9.17) is 19.4 Å². The molecular formula is C46H33N3O. The fourth-order valence-corrected chi connectivity index (χ4v) is 8.06. The van der Waals surface area contributed by atoms with Crippen LogP contribution >= 0.6 is 0 Å². The van der Waals surface area contributed by atoms with Gasteiger partial charge in [-0.3, -0.25) is 0 Å². The highest BCUT2D eigenvalue weighted by Crippen LogP contribution is 2.49. The summed E-state index contributed by atoms with van der Waals surface area (Å²) in [5.74, 6) is 1.93. The Kier molecular flexibility index (Phi) is 6.31. The fourth-order valence-electron chi connectivity index (χ4n) is 8.06. The zero-order valence-electron chi connectivity index (χ0n) is 27.9. The maximum absolute atomic E-state index is 6.55. The Hall–Kier alpha value is -6.13. The van der Waals surface area contributed by atoms with Crippen molar-refractivity contribution < 1.29 is 4.42 Å². The summed E-state index contributed by atoms with van der Waals surface area (Å²) < 4.78 is 6.55. The summed E-state index contributed by atoms with van der Waals surface area (Å²) >= 11 is 0. The standard InChI is InChI=1S/C46H33N3O/c1-46(2)38-18-10-8-16-34(38)35-23-22-32(26-39(35)46)44-47-43(29-13-4-3-5-14-29)48-45(49-44)37-25-33(31-21-20-28-12-6-7-15-30(28)24-31)27-41-42(37)36-17-9-11-19-40(36)50-41/h3-19,22-27H,20-21H2,1-2H3. The van der Waals surface area contributed by atoms with Gasteiger partial charge in [-0.2, -0.15) is 0 Å². The van der Waals surface area contributed by atoms with Crippen molar-refractivity contribution in [2.24, 2.45) is 0 Å². The molecule has 2 aliphatic carbocycles. The number of nitrogens with zero attached hydrogens (tertiary/aromatic N) is 3. The molecule has 50 heavy (non-hydrogen) atoms. The van der Waals surface area contributed by atoms with Crippen molar-refractivity contribution in [1.29, 1.82) is 0 Å². The molecule has 2 aliphatic rings. The summed E-state index contributed by atoms with van der Waals surface area (Å²) in [6.07, 6.45) is 4.28. The van der Waals surface area contributed by atoms with E-state index in [9.17, 15) is 0 Å². The van der Waals surface area contributed by atoms with Crippen molar-refractivity contribution in [1.82, 2.24) is 15.0 Å². The topological polar surface area (TPSA) is 51.8 Å². The minimum atomic E-state index is -0.136. The molecule has 0 radical (unpaired) electrons. The SMILES string of the molecule is CC1(C)c2ccccc2-c2ccc(-c3nc(-c4ccccc4)nc(-c4cc(C5=Cc6ccccc6CC5)cc5oc6ccccc6c45)n3)cc21. The molecule has 10 rings (SSSR count). The van der Waals surface area contributed by atoms with Gasteiger partial charge in [0.1, 0.15) is 11.2 Å². The number of rotatable bonds is 4. The Bertz CT molecular complexity index is 2680. The van der Waals surface area contributed by atoms with Crippen LogP contribution in [0, 0.1) is 0 Å². The van der Waals surface area contributed by atoms with Gasteiger partial charge in [-0.1, -0.05) is 129 Å². The van der Waals surface area contributed by atoms with E-state index >= 15 is 0 Å². The molecule has 0 saturated heterocycles. The molecule has 2 aromatic heterocycles. The predicted molar refractivity (Wildman–Crippen MR) is 204 cm³/mol. The summed E-state index contributed by atoms with van der Waals surface area (Å²) in [4.78, 5) is 15.6. The van der Waals surface area contributed by atoms with Gasteiger partial charge in [-0.25, -0.2) is 15.0 Å². The van der Waals surface area contributed by atoms with Crippen LogP contribution in [0.1, 0.15) is 48.1 Å². The molecule has 0 spiro atoms. The lowest BCUT2D eigenvalue weighted by molar-refractivity contribution is 0.660. The molecule has 0 amide bonds. The summed E-state index contributed by atoms with van der Waals surface area (Å²) in [5.41, 5.74) is 14.7. The molecule has 0 saturated carbocycles. The lowest BCUT2D eigenvalue weighted by atomic mass is 9.82. The summed E-state index contributed by atoms with van der Waals surface area (Å²) in [6.45, 7) is 4.61. The lowest BCUT2D eigenvalue weighted by Gasteiger charge is -2.21. The van der Waals surface area contributed by atoms with Crippen molar-refractivity contribution in [3.63, 3.8) is 0 Å². The first-order chi connectivity index (χ1) is 24.5. The summed E-state index contributed by atoms with van der Waals surface area (Å²) in [7, 11) is 0. The first kappa shape index (κ1) is 28.8. The number of aromatic nitrogens is 3. The van der Waals surface area contributed by atoms with E-state index in [0.717, 1.165) is 57.0 Å². The molecule has 238 valence electrons. The Morgan fingerprint density at radius 1 is 0.520 bits per heavy atom. The van der Waals surface area contributed by atoms with Gasteiger partial charge in [0.15, 0.2) is 17.5 Å². The molecule has 2 heterocycles. The van der Waals surface area contributed by atoms with Gasteiger partial charge in [-0.05, 0) is 81.6 Å². The molecule has 0 atom stereocenters. The number of aryl methyl sites for hydroxylation is 1. The van der Waals surface area contributed by atoms with E-state index in [2.05, 4.69) is 123 Å². The molecule has 0 fully saturated rings. The molecule has 4 nitrogen and oxygen atoms in total. The molecule has 4 heteroatoms. The minimum Gasteiger partial charge on any atom is -0.456 e. The van der Waals surface area contributed by atoms with Gasteiger partial charge < -0.3 is 4.42 Å². The molecule has 6 aromatic carbocycles. The largest absolute Gasteiger partial charge is 0.456 e. The van der Waals surface area contributed by atoms with Crippen LogP contribution in [-0.2, 0) is 11.8 Å². The summed E-state index contributed by atoms with van der Waals surface area (Å²) in [5, 5.41) is 2.06. The number of furan rings is 1. The molecule has 0 unspecified atom stereocenters. The minimum absolute atomic E-state index is 0.136. The molecule has 0 aliphatic heterocycles. The number of benzene rings is 6. The first-order valence-corrected chi connectivity index (χ1v) is 17.3. The van der Waals surface area contributed by atoms with Gasteiger partial charge in [0.05, 0.1) is 0 Å². The number of hydrogen-bond acceptors (Lipinski definition) is 4. The van der Waals surface area contributed by atoms with Crippen LogP contribution in [0.25, 0.3) is 78.9 Å². The maximum Gasteiger partial charge on any atom is 0.164 e. The van der Waals surface area contributed by atoms with E-state index in [0.29, 0.717) is 17.5 Å². The van der Waals surface area contributed by atoms with Crippen LogP contribution in [0.15, 0.2) is 138 Å².